The lowest BCUT2D eigenvalue weighted by atomic mass is 9.99. The first-order valence-corrected chi connectivity index (χ1v) is 8.59. The SMILES string of the molecule is O=C(Nc1cccc(OCCc2ccccc2)c1)C1CCCNC1. The Morgan fingerprint density at radius 3 is 2.83 bits per heavy atom. The second-order valence-corrected chi connectivity index (χ2v) is 6.14. The highest BCUT2D eigenvalue weighted by molar-refractivity contribution is 5.92. The van der Waals surface area contributed by atoms with Gasteiger partial charge in [-0.15, -0.1) is 0 Å². The molecule has 2 aromatic rings. The Bertz CT molecular complexity index is 652. The van der Waals surface area contributed by atoms with Crippen molar-refractivity contribution in [3.63, 3.8) is 0 Å². The quantitative estimate of drug-likeness (QED) is 0.857. The number of hydrogen-bond acceptors (Lipinski definition) is 3. The number of carbonyl (C=O) groups is 1. The van der Waals surface area contributed by atoms with Crippen LogP contribution in [0.1, 0.15) is 18.4 Å². The van der Waals surface area contributed by atoms with Crippen molar-refractivity contribution in [2.45, 2.75) is 19.3 Å². The summed E-state index contributed by atoms with van der Waals surface area (Å²) in [6, 6.07) is 17.9. The Hall–Kier alpha value is -2.33. The summed E-state index contributed by atoms with van der Waals surface area (Å²) in [7, 11) is 0. The summed E-state index contributed by atoms with van der Waals surface area (Å²) in [6.45, 7) is 2.39. The predicted octanol–water partition coefficient (Wildman–Crippen LogP) is 3.25. The van der Waals surface area contributed by atoms with Gasteiger partial charge in [0, 0.05) is 24.7 Å². The van der Waals surface area contributed by atoms with Gasteiger partial charge in [0.25, 0.3) is 0 Å². The van der Waals surface area contributed by atoms with Gasteiger partial charge in [-0.1, -0.05) is 36.4 Å². The summed E-state index contributed by atoms with van der Waals surface area (Å²) in [5, 5.41) is 6.27. The van der Waals surface area contributed by atoms with Crippen LogP contribution in [-0.2, 0) is 11.2 Å². The van der Waals surface area contributed by atoms with E-state index in [9.17, 15) is 4.79 Å². The highest BCUT2D eigenvalue weighted by Gasteiger charge is 2.20. The van der Waals surface area contributed by atoms with Crippen LogP contribution in [0.5, 0.6) is 5.75 Å². The van der Waals surface area contributed by atoms with Crippen LogP contribution in [0.4, 0.5) is 5.69 Å². The fourth-order valence-electron chi connectivity index (χ4n) is 2.91. The van der Waals surface area contributed by atoms with Crippen LogP contribution in [0.3, 0.4) is 0 Å². The van der Waals surface area contributed by atoms with E-state index in [2.05, 4.69) is 22.8 Å². The molecule has 0 aromatic heterocycles. The van der Waals surface area contributed by atoms with E-state index >= 15 is 0 Å². The molecule has 1 saturated heterocycles. The zero-order chi connectivity index (χ0) is 16.6. The van der Waals surface area contributed by atoms with Crippen molar-refractivity contribution >= 4 is 11.6 Å². The van der Waals surface area contributed by atoms with E-state index in [0.29, 0.717) is 6.61 Å². The average molecular weight is 324 g/mol. The first-order chi connectivity index (χ1) is 11.8. The number of nitrogens with one attached hydrogen (secondary N) is 2. The third-order valence-corrected chi connectivity index (χ3v) is 4.27. The predicted molar refractivity (Wildman–Crippen MR) is 96.3 cm³/mol. The maximum absolute atomic E-state index is 12.3. The highest BCUT2D eigenvalue weighted by Crippen LogP contribution is 2.19. The molecule has 2 N–H and O–H groups in total. The van der Waals surface area contributed by atoms with Crippen LogP contribution in [-0.4, -0.2) is 25.6 Å². The molecule has 0 radical (unpaired) electrons. The minimum absolute atomic E-state index is 0.0569. The molecule has 1 heterocycles. The first-order valence-electron chi connectivity index (χ1n) is 8.59. The van der Waals surface area contributed by atoms with E-state index in [4.69, 9.17) is 4.74 Å². The zero-order valence-corrected chi connectivity index (χ0v) is 13.8. The van der Waals surface area contributed by atoms with Crippen molar-refractivity contribution in [2.75, 3.05) is 25.0 Å². The first kappa shape index (κ1) is 16.5. The number of benzene rings is 2. The van der Waals surface area contributed by atoms with Gasteiger partial charge in [0.05, 0.1) is 12.5 Å². The minimum atomic E-state index is 0.0569. The monoisotopic (exact) mass is 324 g/mol. The summed E-state index contributed by atoms with van der Waals surface area (Å²) in [4.78, 5) is 12.3. The lowest BCUT2D eigenvalue weighted by Gasteiger charge is -2.22. The molecule has 1 unspecified atom stereocenters. The summed E-state index contributed by atoms with van der Waals surface area (Å²) in [5.41, 5.74) is 2.05. The third-order valence-electron chi connectivity index (χ3n) is 4.27. The number of hydrogen-bond donors (Lipinski definition) is 2. The van der Waals surface area contributed by atoms with Gasteiger partial charge >= 0.3 is 0 Å². The molecule has 126 valence electrons. The van der Waals surface area contributed by atoms with E-state index in [1.165, 1.54) is 5.56 Å². The molecule has 1 atom stereocenters. The maximum atomic E-state index is 12.3. The molecule has 24 heavy (non-hydrogen) atoms. The number of amides is 1. The largest absolute Gasteiger partial charge is 0.493 e. The van der Waals surface area contributed by atoms with E-state index in [1.54, 1.807) is 0 Å². The van der Waals surface area contributed by atoms with Gasteiger partial charge in [0.15, 0.2) is 0 Å². The number of carbonyl (C=O) groups excluding carboxylic acids is 1. The van der Waals surface area contributed by atoms with Crippen molar-refractivity contribution in [1.29, 1.82) is 0 Å². The molecule has 4 nitrogen and oxygen atoms in total. The fraction of sp³-hybridized carbons (Fsp3) is 0.350. The van der Waals surface area contributed by atoms with Crippen molar-refractivity contribution in [1.82, 2.24) is 5.32 Å². The molecule has 0 saturated carbocycles. The Labute approximate surface area is 143 Å². The van der Waals surface area contributed by atoms with Crippen molar-refractivity contribution < 1.29 is 9.53 Å². The third kappa shape index (κ3) is 4.83. The van der Waals surface area contributed by atoms with Crippen LogP contribution in [0.2, 0.25) is 0 Å². The van der Waals surface area contributed by atoms with Crippen LogP contribution in [0.25, 0.3) is 0 Å². The Balaban J connectivity index is 1.51. The van der Waals surface area contributed by atoms with Crippen molar-refractivity contribution in [3.05, 3.63) is 60.2 Å². The smallest absolute Gasteiger partial charge is 0.228 e. The lowest BCUT2D eigenvalue weighted by Crippen LogP contribution is -2.37. The summed E-state index contributed by atoms with van der Waals surface area (Å²) in [5.74, 6) is 0.926. The van der Waals surface area contributed by atoms with Gasteiger partial charge in [-0.3, -0.25) is 4.79 Å². The summed E-state index contributed by atoms with van der Waals surface area (Å²) in [6.07, 6.45) is 2.87. The van der Waals surface area contributed by atoms with Gasteiger partial charge in [0.1, 0.15) is 5.75 Å². The van der Waals surface area contributed by atoms with E-state index < -0.39 is 0 Å². The second-order valence-electron chi connectivity index (χ2n) is 6.14. The van der Waals surface area contributed by atoms with E-state index in [1.807, 2.05) is 42.5 Å². The molecule has 1 aliphatic rings. The van der Waals surface area contributed by atoms with E-state index in [-0.39, 0.29) is 11.8 Å². The molecular formula is C20H24N2O2. The maximum Gasteiger partial charge on any atom is 0.228 e. The molecule has 1 aliphatic heterocycles. The zero-order valence-electron chi connectivity index (χ0n) is 13.8. The summed E-state index contributed by atoms with van der Waals surface area (Å²) >= 11 is 0. The average Bonchev–Trinajstić information content (AvgIpc) is 2.64. The minimum Gasteiger partial charge on any atom is -0.493 e. The number of rotatable bonds is 6. The Morgan fingerprint density at radius 1 is 1.17 bits per heavy atom. The molecule has 1 amide bonds. The van der Waals surface area contributed by atoms with Crippen molar-refractivity contribution in [3.8, 4) is 5.75 Å². The van der Waals surface area contributed by atoms with Crippen molar-refractivity contribution in [2.24, 2.45) is 5.92 Å². The number of anilines is 1. The van der Waals surface area contributed by atoms with Gasteiger partial charge in [0.2, 0.25) is 5.91 Å². The highest BCUT2D eigenvalue weighted by atomic mass is 16.5. The van der Waals surface area contributed by atoms with Gasteiger partial charge in [-0.05, 0) is 37.1 Å². The normalized spacial score (nSPS) is 17.2. The molecule has 0 aliphatic carbocycles. The second kappa shape index (κ2) is 8.50. The van der Waals surface area contributed by atoms with Crippen LogP contribution < -0.4 is 15.4 Å². The molecule has 1 fully saturated rings. The Kier molecular flexibility index (Phi) is 5.85. The topological polar surface area (TPSA) is 50.4 Å². The molecule has 2 aromatic carbocycles. The van der Waals surface area contributed by atoms with Gasteiger partial charge < -0.3 is 15.4 Å². The molecule has 0 spiro atoms. The summed E-state index contributed by atoms with van der Waals surface area (Å²) < 4.78 is 5.81. The van der Waals surface area contributed by atoms with Crippen LogP contribution in [0.15, 0.2) is 54.6 Å². The van der Waals surface area contributed by atoms with Gasteiger partial charge in [-0.2, -0.15) is 0 Å². The Morgan fingerprint density at radius 2 is 2.04 bits per heavy atom. The lowest BCUT2D eigenvalue weighted by molar-refractivity contribution is -0.120. The number of piperidine rings is 1. The molecule has 3 rings (SSSR count). The molecular weight excluding hydrogens is 300 g/mol. The standard InChI is InChI=1S/C20H24N2O2/c23-20(17-8-5-12-21-15-17)22-18-9-4-10-19(14-18)24-13-11-16-6-2-1-3-7-16/h1-4,6-7,9-10,14,17,21H,5,8,11-13,15H2,(H,22,23). The van der Waals surface area contributed by atoms with Crippen LogP contribution >= 0.6 is 0 Å². The molecule has 0 bridgehead atoms. The fourth-order valence-corrected chi connectivity index (χ4v) is 2.91. The van der Waals surface area contributed by atoms with Gasteiger partial charge in [-0.25, -0.2) is 0 Å². The molecule has 4 heteroatoms. The van der Waals surface area contributed by atoms with E-state index in [0.717, 1.165) is 43.8 Å². The van der Waals surface area contributed by atoms with Crippen LogP contribution in [0, 0.1) is 5.92 Å². The number of ether oxygens (including phenoxy) is 1.